The van der Waals surface area contributed by atoms with E-state index in [4.69, 9.17) is 10.7 Å². The van der Waals surface area contributed by atoms with E-state index in [0.29, 0.717) is 18.4 Å². The van der Waals surface area contributed by atoms with Crippen LogP contribution in [0.3, 0.4) is 0 Å². The summed E-state index contributed by atoms with van der Waals surface area (Å²) in [5.41, 5.74) is 8.08. The summed E-state index contributed by atoms with van der Waals surface area (Å²) in [6.07, 6.45) is 5.16. The molecule has 6 nitrogen and oxygen atoms in total. The van der Waals surface area contributed by atoms with Crippen LogP contribution in [-0.2, 0) is 4.79 Å². The van der Waals surface area contributed by atoms with E-state index >= 15 is 0 Å². The van der Waals surface area contributed by atoms with Gasteiger partial charge in [-0.05, 0) is 64.1 Å². The standard InChI is InChI=1S/C23H37N5O/c1-3-25-23(28-14-6-7-19(17-28)15-22(24)29)26-16-21(27-12-4-5-13-27)20-10-8-18(2)9-11-20/h8-11,19,21H,3-7,12-17H2,1-2H3,(H2,24,29)(H,25,26). The Labute approximate surface area is 175 Å². The number of rotatable bonds is 7. The molecule has 0 aromatic heterocycles. The van der Waals surface area contributed by atoms with Crippen LogP contribution in [-0.4, -0.2) is 60.9 Å². The number of benzene rings is 1. The average molecular weight is 400 g/mol. The minimum atomic E-state index is -0.202. The van der Waals surface area contributed by atoms with Crippen LogP contribution in [0.1, 0.15) is 56.2 Å². The molecular weight excluding hydrogens is 362 g/mol. The van der Waals surface area contributed by atoms with E-state index in [2.05, 4.69) is 53.2 Å². The van der Waals surface area contributed by atoms with E-state index in [9.17, 15) is 4.79 Å². The van der Waals surface area contributed by atoms with Crippen LogP contribution >= 0.6 is 0 Å². The van der Waals surface area contributed by atoms with Gasteiger partial charge in [0.1, 0.15) is 0 Å². The Balaban J connectivity index is 1.74. The minimum Gasteiger partial charge on any atom is -0.370 e. The molecule has 160 valence electrons. The summed E-state index contributed by atoms with van der Waals surface area (Å²) >= 11 is 0. The summed E-state index contributed by atoms with van der Waals surface area (Å²) in [6.45, 7) is 9.97. The first-order valence-corrected chi connectivity index (χ1v) is 11.2. The molecule has 1 aromatic rings. The quantitative estimate of drug-likeness (QED) is 0.546. The number of carbonyl (C=O) groups is 1. The van der Waals surface area contributed by atoms with Gasteiger partial charge < -0.3 is 16.0 Å². The highest BCUT2D eigenvalue weighted by molar-refractivity contribution is 5.80. The SMILES string of the molecule is CCNC(=NCC(c1ccc(C)cc1)N1CCCC1)N1CCCC(CC(N)=O)C1. The maximum Gasteiger partial charge on any atom is 0.217 e. The zero-order valence-corrected chi connectivity index (χ0v) is 18.1. The van der Waals surface area contributed by atoms with Gasteiger partial charge in [-0.3, -0.25) is 14.7 Å². The van der Waals surface area contributed by atoms with Crippen LogP contribution in [0, 0.1) is 12.8 Å². The van der Waals surface area contributed by atoms with Crippen LogP contribution in [0.2, 0.25) is 0 Å². The van der Waals surface area contributed by atoms with E-state index < -0.39 is 0 Å². The van der Waals surface area contributed by atoms with Crippen LogP contribution < -0.4 is 11.1 Å². The molecule has 0 spiro atoms. The van der Waals surface area contributed by atoms with Crippen LogP contribution in [0.4, 0.5) is 0 Å². The summed E-state index contributed by atoms with van der Waals surface area (Å²) in [5.74, 6) is 1.10. The lowest BCUT2D eigenvalue weighted by Crippen LogP contribution is -2.47. The van der Waals surface area contributed by atoms with Crippen molar-refractivity contribution < 1.29 is 4.79 Å². The highest BCUT2D eigenvalue weighted by atomic mass is 16.1. The Bertz CT molecular complexity index is 681. The Morgan fingerprint density at radius 3 is 2.59 bits per heavy atom. The molecule has 2 saturated heterocycles. The number of carbonyl (C=O) groups excluding carboxylic acids is 1. The van der Waals surface area contributed by atoms with Gasteiger partial charge in [-0.1, -0.05) is 29.8 Å². The third-order valence-corrected chi connectivity index (χ3v) is 6.10. The highest BCUT2D eigenvalue weighted by Gasteiger charge is 2.26. The van der Waals surface area contributed by atoms with E-state index in [1.54, 1.807) is 0 Å². The number of nitrogens with one attached hydrogen (secondary N) is 1. The lowest BCUT2D eigenvalue weighted by molar-refractivity contribution is -0.119. The number of guanidine groups is 1. The van der Waals surface area contributed by atoms with Crippen molar-refractivity contribution in [1.82, 2.24) is 15.1 Å². The van der Waals surface area contributed by atoms with Gasteiger partial charge in [-0.2, -0.15) is 0 Å². The lowest BCUT2D eigenvalue weighted by atomic mass is 9.95. The molecular formula is C23H37N5O. The second-order valence-electron chi connectivity index (χ2n) is 8.49. The molecule has 0 aliphatic carbocycles. The topological polar surface area (TPSA) is 74.0 Å². The zero-order chi connectivity index (χ0) is 20.6. The summed E-state index contributed by atoms with van der Waals surface area (Å²) < 4.78 is 0. The molecule has 3 N–H and O–H groups in total. The van der Waals surface area contributed by atoms with Gasteiger partial charge in [0.15, 0.2) is 5.96 Å². The van der Waals surface area contributed by atoms with Gasteiger partial charge >= 0.3 is 0 Å². The van der Waals surface area contributed by atoms with Crippen LogP contribution in [0.25, 0.3) is 0 Å². The first-order valence-electron chi connectivity index (χ1n) is 11.2. The molecule has 2 heterocycles. The first kappa shape index (κ1) is 21.6. The average Bonchev–Trinajstić information content (AvgIpc) is 3.23. The van der Waals surface area contributed by atoms with Crippen molar-refractivity contribution in [3.05, 3.63) is 35.4 Å². The molecule has 2 fully saturated rings. The molecule has 2 aliphatic heterocycles. The fourth-order valence-corrected chi connectivity index (χ4v) is 4.58. The number of likely N-dealkylation sites (tertiary alicyclic amines) is 2. The molecule has 0 radical (unpaired) electrons. The van der Waals surface area contributed by atoms with Gasteiger partial charge in [-0.15, -0.1) is 0 Å². The number of hydrogen-bond acceptors (Lipinski definition) is 3. The fraction of sp³-hybridized carbons (Fsp3) is 0.652. The number of nitrogens with two attached hydrogens (primary N) is 1. The third-order valence-electron chi connectivity index (χ3n) is 6.10. The molecule has 0 saturated carbocycles. The number of primary amides is 1. The Hall–Kier alpha value is -2.08. The second kappa shape index (κ2) is 10.6. The second-order valence-corrected chi connectivity index (χ2v) is 8.49. The maximum atomic E-state index is 11.4. The number of aryl methyl sites for hydroxylation is 1. The summed E-state index contributed by atoms with van der Waals surface area (Å²) in [4.78, 5) is 21.3. The smallest absolute Gasteiger partial charge is 0.217 e. The Kier molecular flexibility index (Phi) is 7.92. The van der Waals surface area contributed by atoms with Gasteiger partial charge in [0.05, 0.1) is 12.6 Å². The molecule has 29 heavy (non-hydrogen) atoms. The number of piperidine rings is 1. The number of hydrogen-bond donors (Lipinski definition) is 2. The molecule has 1 amide bonds. The Morgan fingerprint density at radius 2 is 1.93 bits per heavy atom. The van der Waals surface area contributed by atoms with E-state index in [1.165, 1.54) is 24.0 Å². The predicted molar refractivity (Wildman–Crippen MR) is 119 cm³/mol. The fourth-order valence-electron chi connectivity index (χ4n) is 4.58. The van der Waals surface area contributed by atoms with E-state index in [-0.39, 0.29) is 5.91 Å². The van der Waals surface area contributed by atoms with Crippen molar-refractivity contribution in [3.8, 4) is 0 Å². The lowest BCUT2D eigenvalue weighted by Gasteiger charge is -2.35. The molecule has 1 aromatic carbocycles. The van der Waals surface area contributed by atoms with Crippen molar-refractivity contribution in [3.63, 3.8) is 0 Å². The zero-order valence-electron chi connectivity index (χ0n) is 18.1. The molecule has 2 unspecified atom stereocenters. The van der Waals surface area contributed by atoms with Crippen molar-refractivity contribution in [1.29, 1.82) is 0 Å². The van der Waals surface area contributed by atoms with Crippen LogP contribution in [0.15, 0.2) is 29.3 Å². The third kappa shape index (κ3) is 6.20. The molecule has 0 bridgehead atoms. The minimum absolute atomic E-state index is 0.202. The Morgan fingerprint density at radius 1 is 1.21 bits per heavy atom. The largest absolute Gasteiger partial charge is 0.370 e. The van der Waals surface area contributed by atoms with Crippen molar-refractivity contribution >= 4 is 11.9 Å². The summed E-state index contributed by atoms with van der Waals surface area (Å²) in [6, 6.07) is 9.23. The first-order chi connectivity index (χ1) is 14.1. The predicted octanol–water partition coefficient (Wildman–Crippen LogP) is 2.68. The van der Waals surface area contributed by atoms with Crippen molar-refractivity contribution in [2.45, 2.75) is 52.0 Å². The van der Waals surface area contributed by atoms with Gasteiger partial charge in [0, 0.05) is 26.1 Å². The monoisotopic (exact) mass is 399 g/mol. The summed E-state index contributed by atoms with van der Waals surface area (Å²) in [7, 11) is 0. The molecule has 6 heteroatoms. The molecule has 2 atom stereocenters. The highest BCUT2D eigenvalue weighted by Crippen LogP contribution is 2.26. The summed E-state index contributed by atoms with van der Waals surface area (Å²) in [5, 5.41) is 3.47. The van der Waals surface area contributed by atoms with Crippen molar-refractivity contribution in [2.24, 2.45) is 16.6 Å². The van der Waals surface area contributed by atoms with Gasteiger partial charge in [-0.25, -0.2) is 0 Å². The number of aliphatic imine (C=N–C) groups is 1. The van der Waals surface area contributed by atoms with E-state index in [0.717, 1.165) is 58.1 Å². The van der Waals surface area contributed by atoms with Gasteiger partial charge in [0.25, 0.3) is 0 Å². The van der Waals surface area contributed by atoms with Crippen LogP contribution in [0.5, 0.6) is 0 Å². The molecule has 3 rings (SSSR count). The van der Waals surface area contributed by atoms with E-state index in [1.807, 2.05) is 0 Å². The van der Waals surface area contributed by atoms with Crippen molar-refractivity contribution in [2.75, 3.05) is 39.3 Å². The number of amides is 1. The van der Waals surface area contributed by atoms with Gasteiger partial charge in [0.2, 0.25) is 5.91 Å². The molecule has 2 aliphatic rings. The normalized spacial score (nSPS) is 21.9. The number of nitrogens with zero attached hydrogens (tertiary/aromatic N) is 3. The maximum absolute atomic E-state index is 11.4.